The molecule has 1 aromatic carbocycles. The number of fused-ring (bicyclic) bond motifs is 2. The second-order valence-corrected chi connectivity index (χ2v) is 10.9. The van der Waals surface area contributed by atoms with Crippen LogP contribution in [0.4, 0.5) is 5.69 Å². The zero-order valence-corrected chi connectivity index (χ0v) is 21.7. The van der Waals surface area contributed by atoms with Gasteiger partial charge in [0.1, 0.15) is 11.6 Å². The molecule has 1 spiro atoms. The SMILES string of the molecule is Cc1cccc(Cl)c1N1CC=C[C@]23O[C@H]4C=CCN(C)C(=O)[C@H]4[C@H]2C(=O)N([C@@H](CO)C(C)C)C3C1=O. The van der Waals surface area contributed by atoms with Gasteiger partial charge in [-0.15, -0.1) is 0 Å². The highest BCUT2D eigenvalue weighted by Crippen LogP contribution is 2.54. The second kappa shape index (κ2) is 9.01. The molecule has 4 aliphatic heterocycles. The van der Waals surface area contributed by atoms with Crippen LogP contribution in [0, 0.1) is 24.7 Å². The van der Waals surface area contributed by atoms with Crippen LogP contribution in [0.15, 0.2) is 42.5 Å². The van der Waals surface area contributed by atoms with Crippen molar-refractivity contribution in [2.24, 2.45) is 17.8 Å². The third kappa shape index (κ3) is 3.45. The molecule has 0 aliphatic carbocycles. The van der Waals surface area contributed by atoms with Gasteiger partial charge in [0.25, 0.3) is 5.91 Å². The topological polar surface area (TPSA) is 90.4 Å². The van der Waals surface area contributed by atoms with Gasteiger partial charge < -0.3 is 24.5 Å². The third-order valence-corrected chi connectivity index (χ3v) is 8.38. The van der Waals surface area contributed by atoms with Gasteiger partial charge in [-0.2, -0.15) is 0 Å². The number of nitrogens with zero attached hydrogens (tertiary/aromatic N) is 3. The number of rotatable bonds is 4. The van der Waals surface area contributed by atoms with Crippen LogP contribution in [-0.2, 0) is 19.1 Å². The Bertz CT molecular complexity index is 1150. The average molecular weight is 514 g/mol. The standard InChI is InChI=1S/C27H32ClN3O5/c1-15(2)18(14-32)31-23-26(35)30(22-16(3)8-5-9-17(22)28)13-7-11-27(23)21(25(31)34)20-19(36-27)10-6-12-29(4)24(20)33/h5-11,15,18-21,23,32H,12-14H2,1-4H3/t18-,19-,20+,21-,23?,27-/m0/s1. The van der Waals surface area contributed by atoms with Gasteiger partial charge in [-0.05, 0) is 24.5 Å². The number of amides is 3. The first-order chi connectivity index (χ1) is 17.1. The summed E-state index contributed by atoms with van der Waals surface area (Å²) in [4.78, 5) is 46.8. The Labute approximate surface area is 216 Å². The lowest BCUT2D eigenvalue weighted by atomic mass is 9.77. The first kappa shape index (κ1) is 25.0. The second-order valence-electron chi connectivity index (χ2n) is 10.5. The van der Waals surface area contributed by atoms with E-state index in [0.29, 0.717) is 17.3 Å². The molecule has 0 radical (unpaired) electrons. The van der Waals surface area contributed by atoms with Crippen LogP contribution in [0.5, 0.6) is 0 Å². The molecule has 8 nitrogen and oxygen atoms in total. The average Bonchev–Trinajstić information content (AvgIpc) is 3.15. The molecule has 1 aromatic rings. The molecule has 4 aliphatic rings. The number of aliphatic hydroxyl groups excluding tert-OH is 1. The van der Waals surface area contributed by atoms with Crippen molar-refractivity contribution in [3.63, 3.8) is 0 Å². The Kier molecular flexibility index (Phi) is 6.25. The van der Waals surface area contributed by atoms with Gasteiger partial charge in [0.05, 0.1) is 41.3 Å². The van der Waals surface area contributed by atoms with E-state index in [1.807, 2.05) is 51.1 Å². The quantitative estimate of drug-likeness (QED) is 0.623. The molecule has 0 bridgehead atoms. The van der Waals surface area contributed by atoms with E-state index in [4.69, 9.17) is 16.3 Å². The molecule has 2 fully saturated rings. The molecule has 0 aromatic heterocycles. The monoisotopic (exact) mass is 513 g/mol. The third-order valence-electron chi connectivity index (χ3n) is 8.07. The van der Waals surface area contributed by atoms with E-state index < -0.39 is 35.6 Å². The minimum Gasteiger partial charge on any atom is -0.394 e. The Morgan fingerprint density at radius 2 is 1.89 bits per heavy atom. The number of ether oxygens (including phenoxy) is 1. The normalized spacial score (nSPS) is 32.5. The van der Waals surface area contributed by atoms with Gasteiger partial charge in [0.2, 0.25) is 11.8 Å². The molecule has 3 amide bonds. The van der Waals surface area contributed by atoms with Crippen molar-refractivity contribution in [1.29, 1.82) is 0 Å². The fraction of sp³-hybridized carbons (Fsp3) is 0.519. The predicted molar refractivity (Wildman–Crippen MR) is 135 cm³/mol. The summed E-state index contributed by atoms with van der Waals surface area (Å²) in [6.45, 7) is 6.04. The summed E-state index contributed by atoms with van der Waals surface area (Å²) in [5.41, 5.74) is 0.0654. The summed E-state index contributed by atoms with van der Waals surface area (Å²) in [5, 5.41) is 10.8. The van der Waals surface area contributed by atoms with Gasteiger partial charge in [0.15, 0.2) is 0 Å². The Morgan fingerprint density at radius 1 is 1.14 bits per heavy atom. The number of aryl methyl sites for hydroxylation is 1. The zero-order valence-electron chi connectivity index (χ0n) is 20.9. The fourth-order valence-electron chi connectivity index (χ4n) is 6.35. The number of hydrogen-bond acceptors (Lipinski definition) is 5. The van der Waals surface area contributed by atoms with E-state index in [1.54, 1.807) is 29.0 Å². The van der Waals surface area contributed by atoms with Crippen LogP contribution in [0.25, 0.3) is 0 Å². The number of hydrogen-bond donors (Lipinski definition) is 1. The molecular weight excluding hydrogens is 482 g/mol. The van der Waals surface area contributed by atoms with Crippen LogP contribution in [-0.4, -0.2) is 83.2 Å². The van der Waals surface area contributed by atoms with Gasteiger partial charge in [0, 0.05) is 20.1 Å². The van der Waals surface area contributed by atoms with E-state index in [9.17, 15) is 19.5 Å². The Balaban J connectivity index is 1.69. The summed E-state index contributed by atoms with van der Waals surface area (Å²) in [6.07, 6.45) is 6.70. The van der Waals surface area contributed by atoms with Crippen molar-refractivity contribution in [3.05, 3.63) is 53.1 Å². The number of aliphatic hydroxyl groups is 1. The maximum absolute atomic E-state index is 14.4. The van der Waals surface area contributed by atoms with Gasteiger partial charge in [-0.1, -0.05) is 61.9 Å². The lowest BCUT2D eigenvalue weighted by Crippen LogP contribution is -2.59. The largest absolute Gasteiger partial charge is 0.394 e. The number of carbonyl (C=O) groups is 3. The molecule has 6 atom stereocenters. The predicted octanol–water partition coefficient (Wildman–Crippen LogP) is 2.18. The molecule has 5 rings (SSSR count). The molecular formula is C27H32ClN3O5. The number of likely N-dealkylation sites (N-methyl/N-ethyl adjacent to an activating group) is 1. The van der Waals surface area contributed by atoms with Crippen molar-refractivity contribution < 1.29 is 24.2 Å². The lowest BCUT2D eigenvalue weighted by Gasteiger charge is -2.40. The van der Waals surface area contributed by atoms with Crippen LogP contribution >= 0.6 is 11.6 Å². The van der Waals surface area contributed by atoms with E-state index in [-0.39, 0.29) is 36.8 Å². The summed E-state index contributed by atoms with van der Waals surface area (Å²) in [5.74, 6) is -2.64. The lowest BCUT2D eigenvalue weighted by molar-refractivity contribution is -0.147. The molecule has 9 heteroatoms. The first-order valence-electron chi connectivity index (χ1n) is 12.4. The minimum atomic E-state index is -1.34. The number of halogens is 1. The first-order valence-corrected chi connectivity index (χ1v) is 12.8. The molecule has 4 heterocycles. The summed E-state index contributed by atoms with van der Waals surface area (Å²) < 4.78 is 6.60. The van der Waals surface area contributed by atoms with Crippen molar-refractivity contribution in [2.75, 3.05) is 31.6 Å². The summed E-state index contributed by atoms with van der Waals surface area (Å²) in [7, 11) is 1.70. The number of carbonyl (C=O) groups excluding carboxylic acids is 3. The van der Waals surface area contributed by atoms with E-state index in [0.717, 1.165) is 5.56 Å². The van der Waals surface area contributed by atoms with Crippen LogP contribution < -0.4 is 4.90 Å². The van der Waals surface area contributed by atoms with Crippen LogP contribution in [0.3, 0.4) is 0 Å². The van der Waals surface area contributed by atoms with E-state index in [2.05, 4.69) is 0 Å². The summed E-state index contributed by atoms with van der Waals surface area (Å²) in [6, 6.07) is 3.77. The molecule has 2 saturated heterocycles. The minimum absolute atomic E-state index is 0.131. The van der Waals surface area contributed by atoms with E-state index in [1.165, 1.54) is 4.90 Å². The van der Waals surface area contributed by atoms with Crippen molar-refractivity contribution >= 4 is 35.0 Å². The molecule has 192 valence electrons. The smallest absolute Gasteiger partial charge is 0.253 e. The van der Waals surface area contributed by atoms with E-state index >= 15 is 0 Å². The maximum Gasteiger partial charge on any atom is 0.253 e. The number of para-hydroxylation sites is 1. The number of benzene rings is 1. The molecule has 1 N–H and O–H groups in total. The van der Waals surface area contributed by atoms with Crippen molar-refractivity contribution in [1.82, 2.24) is 9.80 Å². The number of likely N-dealkylation sites (tertiary alicyclic amines) is 1. The number of anilines is 1. The maximum atomic E-state index is 14.4. The Hall–Kier alpha value is -2.68. The highest BCUT2D eigenvalue weighted by atomic mass is 35.5. The molecule has 0 saturated carbocycles. The van der Waals surface area contributed by atoms with Crippen LogP contribution in [0.1, 0.15) is 19.4 Å². The van der Waals surface area contributed by atoms with Gasteiger partial charge in [-0.3, -0.25) is 14.4 Å². The zero-order chi connectivity index (χ0) is 25.9. The van der Waals surface area contributed by atoms with Gasteiger partial charge >= 0.3 is 0 Å². The summed E-state index contributed by atoms with van der Waals surface area (Å²) >= 11 is 6.56. The van der Waals surface area contributed by atoms with Crippen molar-refractivity contribution in [2.45, 2.75) is 44.6 Å². The highest BCUT2D eigenvalue weighted by molar-refractivity contribution is 6.34. The molecule has 36 heavy (non-hydrogen) atoms. The van der Waals surface area contributed by atoms with Gasteiger partial charge in [-0.25, -0.2) is 0 Å². The highest BCUT2D eigenvalue weighted by Gasteiger charge is 2.72. The van der Waals surface area contributed by atoms with Crippen molar-refractivity contribution in [3.8, 4) is 0 Å². The van der Waals surface area contributed by atoms with Crippen LogP contribution in [0.2, 0.25) is 5.02 Å². The Morgan fingerprint density at radius 3 is 2.56 bits per heavy atom. The fourth-order valence-corrected chi connectivity index (χ4v) is 6.67. The molecule has 1 unspecified atom stereocenters.